The minimum absolute atomic E-state index is 0.0623. The van der Waals surface area contributed by atoms with E-state index >= 15 is 0 Å². The van der Waals surface area contributed by atoms with Gasteiger partial charge in [-0.15, -0.1) is 11.8 Å². The lowest BCUT2D eigenvalue weighted by atomic mass is 10.3. The molecule has 3 nitrogen and oxygen atoms in total. The first-order valence-corrected chi connectivity index (χ1v) is 7.37. The molecule has 100 valence electrons. The average Bonchev–Trinajstić information content (AvgIpc) is 2.31. The van der Waals surface area contributed by atoms with E-state index in [1.807, 2.05) is 24.3 Å². The highest BCUT2D eigenvalue weighted by Crippen LogP contribution is 2.26. The molecular weight excluding hydrogens is 244 g/mol. The standard InChI is InChI=1S/C14H22N2OS/c1-4-18-13-8-6-5-7-12(13)16-14(17)9-10-15-11(2)3/h5-8,11,15H,4,9-10H2,1-3H3,(H,16,17). The summed E-state index contributed by atoms with van der Waals surface area (Å²) in [6, 6.07) is 8.35. The Bertz CT molecular complexity index is 380. The van der Waals surface area contributed by atoms with E-state index < -0.39 is 0 Å². The van der Waals surface area contributed by atoms with Gasteiger partial charge in [-0.2, -0.15) is 0 Å². The van der Waals surface area contributed by atoms with E-state index in [0.29, 0.717) is 19.0 Å². The molecule has 1 rings (SSSR count). The van der Waals surface area contributed by atoms with E-state index in [4.69, 9.17) is 0 Å². The number of amides is 1. The minimum atomic E-state index is 0.0623. The molecular formula is C14H22N2OS. The Kier molecular flexibility index (Phi) is 6.83. The van der Waals surface area contributed by atoms with E-state index in [1.165, 1.54) is 0 Å². The minimum Gasteiger partial charge on any atom is -0.325 e. The lowest BCUT2D eigenvalue weighted by Gasteiger charge is -2.11. The quantitative estimate of drug-likeness (QED) is 0.745. The summed E-state index contributed by atoms with van der Waals surface area (Å²) in [6.07, 6.45) is 0.503. The van der Waals surface area contributed by atoms with Crippen molar-refractivity contribution in [2.75, 3.05) is 17.6 Å². The number of benzene rings is 1. The molecule has 0 aliphatic heterocycles. The molecule has 0 radical (unpaired) electrons. The number of rotatable bonds is 7. The molecule has 0 atom stereocenters. The third kappa shape index (κ3) is 5.56. The molecule has 0 heterocycles. The van der Waals surface area contributed by atoms with Gasteiger partial charge in [-0.3, -0.25) is 4.79 Å². The fraction of sp³-hybridized carbons (Fsp3) is 0.500. The average molecular weight is 266 g/mol. The summed E-state index contributed by atoms with van der Waals surface area (Å²) < 4.78 is 0. The SMILES string of the molecule is CCSc1ccccc1NC(=O)CCNC(C)C. The molecule has 4 heteroatoms. The monoisotopic (exact) mass is 266 g/mol. The first kappa shape index (κ1) is 15.1. The molecule has 2 N–H and O–H groups in total. The van der Waals surface area contributed by atoms with Crippen molar-refractivity contribution in [3.63, 3.8) is 0 Å². The number of anilines is 1. The predicted molar refractivity (Wildman–Crippen MR) is 79.2 cm³/mol. The Morgan fingerprint density at radius 2 is 2.06 bits per heavy atom. The zero-order chi connectivity index (χ0) is 13.4. The summed E-state index contributed by atoms with van der Waals surface area (Å²) in [5.41, 5.74) is 0.916. The van der Waals surface area contributed by atoms with Crippen molar-refractivity contribution in [2.24, 2.45) is 0 Å². The Morgan fingerprint density at radius 1 is 1.33 bits per heavy atom. The summed E-state index contributed by atoms with van der Waals surface area (Å²) in [6.45, 7) is 6.97. The van der Waals surface area contributed by atoms with Crippen LogP contribution >= 0.6 is 11.8 Å². The van der Waals surface area contributed by atoms with Crippen LogP contribution in [0.4, 0.5) is 5.69 Å². The van der Waals surface area contributed by atoms with Crippen LogP contribution in [0.25, 0.3) is 0 Å². The van der Waals surface area contributed by atoms with Gasteiger partial charge in [-0.25, -0.2) is 0 Å². The van der Waals surface area contributed by atoms with Crippen molar-refractivity contribution in [1.29, 1.82) is 0 Å². The highest BCUT2D eigenvalue weighted by atomic mass is 32.2. The summed E-state index contributed by atoms with van der Waals surface area (Å²) in [5, 5.41) is 6.21. The second-order valence-corrected chi connectivity index (χ2v) is 5.64. The molecule has 0 bridgehead atoms. The molecule has 0 saturated heterocycles. The van der Waals surface area contributed by atoms with Crippen molar-refractivity contribution in [2.45, 2.75) is 38.1 Å². The van der Waals surface area contributed by atoms with Gasteiger partial charge >= 0.3 is 0 Å². The summed E-state index contributed by atoms with van der Waals surface area (Å²) in [7, 11) is 0. The first-order valence-electron chi connectivity index (χ1n) is 6.38. The van der Waals surface area contributed by atoms with Crippen molar-refractivity contribution in [3.8, 4) is 0 Å². The summed E-state index contributed by atoms with van der Waals surface area (Å²) in [5.74, 6) is 1.06. The predicted octanol–water partition coefficient (Wildman–Crippen LogP) is 3.13. The molecule has 0 saturated carbocycles. The lowest BCUT2D eigenvalue weighted by Crippen LogP contribution is -2.27. The zero-order valence-corrected chi connectivity index (χ0v) is 12.1. The van der Waals surface area contributed by atoms with Crippen molar-refractivity contribution in [1.82, 2.24) is 5.32 Å². The molecule has 0 fully saturated rings. The third-order valence-electron chi connectivity index (χ3n) is 2.37. The topological polar surface area (TPSA) is 41.1 Å². The number of carbonyl (C=O) groups excluding carboxylic acids is 1. The molecule has 18 heavy (non-hydrogen) atoms. The molecule has 0 aliphatic rings. The summed E-state index contributed by atoms with van der Waals surface area (Å²) in [4.78, 5) is 12.9. The maximum atomic E-state index is 11.8. The van der Waals surface area contributed by atoms with E-state index in [0.717, 1.165) is 16.3 Å². The number of para-hydroxylation sites is 1. The van der Waals surface area contributed by atoms with Gasteiger partial charge in [0.2, 0.25) is 5.91 Å². The Morgan fingerprint density at radius 3 is 2.72 bits per heavy atom. The number of hydrogen-bond donors (Lipinski definition) is 2. The molecule has 1 aromatic carbocycles. The van der Waals surface area contributed by atoms with Gasteiger partial charge in [-0.1, -0.05) is 32.9 Å². The first-order chi connectivity index (χ1) is 8.63. The highest BCUT2D eigenvalue weighted by Gasteiger charge is 2.06. The molecule has 0 aliphatic carbocycles. The normalized spacial score (nSPS) is 10.7. The second-order valence-electron chi connectivity index (χ2n) is 4.34. The Hall–Kier alpha value is -1.00. The lowest BCUT2D eigenvalue weighted by molar-refractivity contribution is -0.116. The van der Waals surface area contributed by atoms with Crippen LogP contribution in [0.5, 0.6) is 0 Å². The maximum Gasteiger partial charge on any atom is 0.225 e. The van der Waals surface area contributed by atoms with Gasteiger partial charge in [0.25, 0.3) is 0 Å². The van der Waals surface area contributed by atoms with Crippen LogP contribution in [-0.2, 0) is 4.79 Å². The number of nitrogens with one attached hydrogen (secondary N) is 2. The van der Waals surface area contributed by atoms with E-state index in [-0.39, 0.29) is 5.91 Å². The van der Waals surface area contributed by atoms with E-state index in [2.05, 4.69) is 31.4 Å². The molecule has 1 amide bonds. The van der Waals surface area contributed by atoms with Crippen LogP contribution in [0.3, 0.4) is 0 Å². The smallest absolute Gasteiger partial charge is 0.225 e. The van der Waals surface area contributed by atoms with Crippen LogP contribution in [0.2, 0.25) is 0 Å². The molecule has 0 aromatic heterocycles. The van der Waals surface area contributed by atoms with Gasteiger partial charge in [0.15, 0.2) is 0 Å². The van der Waals surface area contributed by atoms with Gasteiger partial charge in [0.05, 0.1) is 5.69 Å². The number of carbonyl (C=O) groups is 1. The van der Waals surface area contributed by atoms with Gasteiger partial charge < -0.3 is 10.6 Å². The number of thioether (sulfide) groups is 1. The van der Waals surface area contributed by atoms with E-state index in [9.17, 15) is 4.79 Å². The molecule has 1 aromatic rings. The van der Waals surface area contributed by atoms with Gasteiger partial charge in [0, 0.05) is 23.9 Å². The Labute approximate surface area is 114 Å². The summed E-state index contributed by atoms with van der Waals surface area (Å²) >= 11 is 1.74. The van der Waals surface area contributed by atoms with Gasteiger partial charge in [0.1, 0.15) is 0 Å². The van der Waals surface area contributed by atoms with Crippen molar-refractivity contribution in [3.05, 3.63) is 24.3 Å². The maximum absolute atomic E-state index is 11.8. The number of hydrogen-bond acceptors (Lipinski definition) is 3. The highest BCUT2D eigenvalue weighted by molar-refractivity contribution is 7.99. The second kappa shape index (κ2) is 8.16. The third-order valence-corrected chi connectivity index (χ3v) is 3.32. The zero-order valence-electron chi connectivity index (χ0n) is 11.3. The Balaban J connectivity index is 2.48. The van der Waals surface area contributed by atoms with Crippen molar-refractivity contribution < 1.29 is 4.79 Å². The fourth-order valence-electron chi connectivity index (χ4n) is 1.54. The largest absolute Gasteiger partial charge is 0.325 e. The van der Waals surface area contributed by atoms with Crippen LogP contribution in [-0.4, -0.2) is 24.2 Å². The van der Waals surface area contributed by atoms with Gasteiger partial charge in [-0.05, 0) is 17.9 Å². The fourth-order valence-corrected chi connectivity index (χ4v) is 2.30. The van der Waals surface area contributed by atoms with Crippen LogP contribution < -0.4 is 10.6 Å². The molecule has 0 unspecified atom stereocenters. The van der Waals surface area contributed by atoms with Crippen molar-refractivity contribution >= 4 is 23.4 Å². The molecule has 0 spiro atoms. The van der Waals surface area contributed by atoms with E-state index in [1.54, 1.807) is 11.8 Å². The van der Waals surface area contributed by atoms with Crippen LogP contribution in [0, 0.1) is 0 Å². The van der Waals surface area contributed by atoms with Crippen LogP contribution in [0.15, 0.2) is 29.2 Å². The van der Waals surface area contributed by atoms with Crippen LogP contribution in [0.1, 0.15) is 27.2 Å².